The Bertz CT molecular complexity index is 732. The third-order valence-corrected chi connectivity index (χ3v) is 4.78. The molecule has 25 heavy (non-hydrogen) atoms. The fraction of sp³-hybridized carbons (Fsp3) is 0.400. The highest BCUT2D eigenvalue weighted by Crippen LogP contribution is 2.28. The molecule has 0 bridgehead atoms. The molecule has 2 aromatic rings. The Kier molecular flexibility index (Phi) is 5.53. The van der Waals surface area contributed by atoms with Gasteiger partial charge in [0.1, 0.15) is 11.6 Å². The van der Waals surface area contributed by atoms with E-state index >= 15 is 0 Å². The van der Waals surface area contributed by atoms with Crippen molar-refractivity contribution in [3.8, 4) is 5.75 Å². The zero-order chi connectivity index (χ0) is 17.6. The van der Waals surface area contributed by atoms with Crippen LogP contribution in [-0.4, -0.2) is 43.0 Å². The Morgan fingerprint density at radius 3 is 3.04 bits per heavy atom. The SMILES string of the molecule is CNc1cc(C2CCCN(C(=O)Cc3cccc(OC)c3)C2)ccn1. The van der Waals surface area contributed by atoms with Crippen molar-refractivity contribution in [3.05, 3.63) is 53.7 Å². The number of hydrogen-bond donors (Lipinski definition) is 1. The van der Waals surface area contributed by atoms with E-state index in [2.05, 4.69) is 22.4 Å². The molecule has 2 heterocycles. The molecule has 3 rings (SSSR count). The van der Waals surface area contributed by atoms with Gasteiger partial charge in [0.25, 0.3) is 0 Å². The summed E-state index contributed by atoms with van der Waals surface area (Å²) in [6.45, 7) is 1.61. The predicted molar refractivity (Wildman–Crippen MR) is 99.0 cm³/mol. The fourth-order valence-corrected chi connectivity index (χ4v) is 3.38. The van der Waals surface area contributed by atoms with Crippen LogP contribution in [0.3, 0.4) is 0 Å². The second kappa shape index (κ2) is 8.01. The topological polar surface area (TPSA) is 54.5 Å². The van der Waals surface area contributed by atoms with Gasteiger partial charge >= 0.3 is 0 Å². The molecule has 1 aliphatic rings. The van der Waals surface area contributed by atoms with Gasteiger partial charge in [-0.25, -0.2) is 4.98 Å². The van der Waals surface area contributed by atoms with Gasteiger partial charge in [-0.1, -0.05) is 12.1 Å². The maximum atomic E-state index is 12.7. The van der Waals surface area contributed by atoms with Crippen molar-refractivity contribution >= 4 is 11.7 Å². The summed E-state index contributed by atoms with van der Waals surface area (Å²) in [6.07, 6.45) is 4.39. The highest BCUT2D eigenvalue weighted by atomic mass is 16.5. The number of pyridine rings is 1. The van der Waals surface area contributed by atoms with E-state index in [1.165, 1.54) is 5.56 Å². The number of anilines is 1. The van der Waals surface area contributed by atoms with Crippen LogP contribution >= 0.6 is 0 Å². The van der Waals surface area contributed by atoms with E-state index in [9.17, 15) is 4.79 Å². The van der Waals surface area contributed by atoms with Crippen LogP contribution in [0.4, 0.5) is 5.82 Å². The van der Waals surface area contributed by atoms with Crippen LogP contribution in [0.15, 0.2) is 42.6 Å². The van der Waals surface area contributed by atoms with Crippen LogP contribution in [0.2, 0.25) is 0 Å². The van der Waals surface area contributed by atoms with Gasteiger partial charge in [0.15, 0.2) is 0 Å². The molecule has 1 unspecified atom stereocenters. The summed E-state index contributed by atoms with van der Waals surface area (Å²) < 4.78 is 5.24. The molecule has 1 atom stereocenters. The zero-order valence-electron chi connectivity index (χ0n) is 14.9. The molecule has 5 nitrogen and oxygen atoms in total. The van der Waals surface area contributed by atoms with E-state index in [0.717, 1.165) is 43.1 Å². The van der Waals surface area contributed by atoms with Gasteiger partial charge in [-0.05, 0) is 48.2 Å². The molecule has 132 valence electrons. The number of amides is 1. The molecule has 0 aliphatic carbocycles. The minimum Gasteiger partial charge on any atom is -0.497 e. The smallest absolute Gasteiger partial charge is 0.227 e. The molecule has 1 aromatic heterocycles. The Hall–Kier alpha value is -2.56. The molecular formula is C20H25N3O2. The molecule has 1 saturated heterocycles. The molecule has 1 aromatic carbocycles. The maximum Gasteiger partial charge on any atom is 0.227 e. The van der Waals surface area contributed by atoms with E-state index in [1.54, 1.807) is 7.11 Å². The zero-order valence-corrected chi connectivity index (χ0v) is 14.9. The summed E-state index contributed by atoms with van der Waals surface area (Å²) in [5.41, 5.74) is 2.24. The lowest BCUT2D eigenvalue weighted by atomic mass is 9.91. The second-order valence-electron chi connectivity index (χ2n) is 6.43. The van der Waals surface area contributed by atoms with Crippen LogP contribution in [0.25, 0.3) is 0 Å². The average Bonchev–Trinajstić information content (AvgIpc) is 2.68. The van der Waals surface area contributed by atoms with Crippen molar-refractivity contribution in [2.24, 2.45) is 0 Å². The highest BCUT2D eigenvalue weighted by Gasteiger charge is 2.25. The number of benzene rings is 1. The van der Waals surface area contributed by atoms with E-state index < -0.39 is 0 Å². The van der Waals surface area contributed by atoms with Crippen molar-refractivity contribution in [1.29, 1.82) is 0 Å². The summed E-state index contributed by atoms with van der Waals surface area (Å²) in [5.74, 6) is 2.22. The molecule has 1 amide bonds. The third kappa shape index (κ3) is 4.29. The maximum absolute atomic E-state index is 12.7. The monoisotopic (exact) mass is 339 g/mol. The number of hydrogen-bond acceptors (Lipinski definition) is 4. The first-order valence-corrected chi connectivity index (χ1v) is 8.74. The number of ether oxygens (including phenoxy) is 1. The van der Waals surface area contributed by atoms with Crippen LogP contribution in [0, 0.1) is 0 Å². The van der Waals surface area contributed by atoms with E-state index in [1.807, 2.05) is 42.4 Å². The molecule has 1 N–H and O–H groups in total. The first-order chi connectivity index (χ1) is 12.2. The van der Waals surface area contributed by atoms with Gasteiger partial charge in [-0.15, -0.1) is 0 Å². The number of piperidine rings is 1. The predicted octanol–water partition coefficient (Wildman–Crippen LogP) is 3.08. The van der Waals surface area contributed by atoms with Crippen LogP contribution in [-0.2, 0) is 11.2 Å². The fourth-order valence-electron chi connectivity index (χ4n) is 3.38. The molecule has 5 heteroatoms. The van der Waals surface area contributed by atoms with Gasteiger partial charge < -0.3 is 15.0 Å². The number of nitrogens with one attached hydrogen (secondary N) is 1. The molecular weight excluding hydrogens is 314 g/mol. The largest absolute Gasteiger partial charge is 0.497 e. The quantitative estimate of drug-likeness (QED) is 0.909. The Morgan fingerprint density at radius 2 is 2.24 bits per heavy atom. The van der Waals surface area contributed by atoms with Gasteiger partial charge in [0.05, 0.1) is 13.5 Å². The second-order valence-corrected chi connectivity index (χ2v) is 6.43. The first-order valence-electron chi connectivity index (χ1n) is 8.74. The van der Waals surface area contributed by atoms with Crippen LogP contribution < -0.4 is 10.1 Å². The van der Waals surface area contributed by atoms with Gasteiger partial charge in [0, 0.05) is 32.3 Å². The third-order valence-electron chi connectivity index (χ3n) is 4.78. The number of rotatable bonds is 5. The lowest BCUT2D eigenvalue weighted by molar-refractivity contribution is -0.131. The summed E-state index contributed by atoms with van der Waals surface area (Å²) in [4.78, 5) is 19.0. The van der Waals surface area contributed by atoms with Gasteiger partial charge in [0.2, 0.25) is 5.91 Å². The molecule has 0 radical (unpaired) electrons. The van der Waals surface area contributed by atoms with Crippen molar-refractivity contribution in [3.63, 3.8) is 0 Å². The summed E-state index contributed by atoms with van der Waals surface area (Å²) >= 11 is 0. The number of aromatic nitrogens is 1. The standard InChI is InChI=1S/C20H25N3O2/c1-21-19-13-16(8-9-22-19)17-6-4-10-23(14-17)20(24)12-15-5-3-7-18(11-15)25-2/h3,5,7-9,11,13,17H,4,6,10,12,14H2,1-2H3,(H,21,22). The molecule has 0 saturated carbocycles. The number of nitrogens with zero attached hydrogens (tertiary/aromatic N) is 2. The summed E-state index contributed by atoms with van der Waals surface area (Å²) in [6, 6.07) is 11.9. The Balaban J connectivity index is 1.66. The Labute approximate surface area is 149 Å². The average molecular weight is 339 g/mol. The molecule has 1 fully saturated rings. The number of carbonyl (C=O) groups is 1. The van der Waals surface area contributed by atoms with Gasteiger partial charge in [-0.3, -0.25) is 4.79 Å². The lowest BCUT2D eigenvalue weighted by Crippen LogP contribution is -2.40. The summed E-state index contributed by atoms with van der Waals surface area (Å²) in [7, 11) is 3.52. The van der Waals surface area contributed by atoms with Gasteiger partial charge in [-0.2, -0.15) is 0 Å². The van der Waals surface area contributed by atoms with Crippen molar-refractivity contribution < 1.29 is 9.53 Å². The van der Waals surface area contributed by atoms with E-state index in [4.69, 9.17) is 4.74 Å². The van der Waals surface area contributed by atoms with Crippen LogP contribution in [0.1, 0.15) is 29.9 Å². The molecule has 0 spiro atoms. The number of carbonyl (C=O) groups excluding carboxylic acids is 1. The summed E-state index contributed by atoms with van der Waals surface area (Å²) in [5, 5.41) is 3.08. The first kappa shape index (κ1) is 17.3. The minimum atomic E-state index is 0.181. The van der Waals surface area contributed by atoms with Crippen LogP contribution in [0.5, 0.6) is 5.75 Å². The molecule has 1 aliphatic heterocycles. The number of likely N-dealkylation sites (tertiary alicyclic amines) is 1. The van der Waals surface area contributed by atoms with E-state index in [-0.39, 0.29) is 5.91 Å². The van der Waals surface area contributed by atoms with Crippen molar-refractivity contribution in [2.45, 2.75) is 25.2 Å². The van der Waals surface area contributed by atoms with Crippen molar-refractivity contribution in [2.75, 3.05) is 32.6 Å². The minimum absolute atomic E-state index is 0.181. The van der Waals surface area contributed by atoms with Crippen molar-refractivity contribution in [1.82, 2.24) is 9.88 Å². The Morgan fingerprint density at radius 1 is 1.36 bits per heavy atom. The van der Waals surface area contributed by atoms with E-state index in [0.29, 0.717) is 12.3 Å². The highest BCUT2D eigenvalue weighted by molar-refractivity contribution is 5.79. The number of methoxy groups -OCH3 is 1. The normalized spacial score (nSPS) is 17.2. The lowest BCUT2D eigenvalue weighted by Gasteiger charge is -2.33.